The van der Waals surface area contributed by atoms with Gasteiger partial charge in [0.25, 0.3) is 0 Å². The van der Waals surface area contributed by atoms with E-state index in [4.69, 9.17) is 9.84 Å². The average molecular weight is 369 g/mol. The van der Waals surface area contributed by atoms with E-state index in [1.54, 1.807) is 0 Å². The number of esters is 1. The summed E-state index contributed by atoms with van der Waals surface area (Å²) in [5, 5.41) is 8.99. The number of aliphatic carboxylic acids is 1. The Morgan fingerprint density at radius 3 is 2.04 bits per heavy atom. The first-order chi connectivity index (χ1) is 12.6. The molecule has 0 bridgehead atoms. The summed E-state index contributed by atoms with van der Waals surface area (Å²) in [5.41, 5.74) is 0. The largest absolute Gasteiger partial charge is 0.481 e. The molecule has 1 atom stereocenters. The van der Waals surface area contributed by atoms with Gasteiger partial charge in [-0.2, -0.15) is 0 Å². The summed E-state index contributed by atoms with van der Waals surface area (Å²) < 4.78 is 5.40. The Balaban J connectivity index is 3.86. The molecular formula is C22H40O4. The van der Waals surface area contributed by atoms with Crippen LogP contribution < -0.4 is 0 Å². The molecule has 1 N–H and O–H groups in total. The summed E-state index contributed by atoms with van der Waals surface area (Å²) in [7, 11) is 0. The number of hydrogen-bond donors (Lipinski definition) is 1. The maximum Gasteiger partial charge on any atom is 0.307 e. The van der Waals surface area contributed by atoms with Crippen LogP contribution >= 0.6 is 0 Å². The van der Waals surface area contributed by atoms with Crippen LogP contribution in [0.5, 0.6) is 0 Å². The van der Waals surface area contributed by atoms with E-state index in [9.17, 15) is 9.59 Å². The van der Waals surface area contributed by atoms with Crippen LogP contribution in [0.15, 0.2) is 12.2 Å². The number of rotatable bonds is 18. The molecule has 0 aromatic heterocycles. The highest BCUT2D eigenvalue weighted by molar-refractivity contribution is 5.71. The van der Waals surface area contributed by atoms with E-state index < -0.39 is 12.1 Å². The third-order valence-corrected chi connectivity index (χ3v) is 4.47. The van der Waals surface area contributed by atoms with Gasteiger partial charge in [-0.05, 0) is 38.5 Å². The van der Waals surface area contributed by atoms with Crippen LogP contribution in [0, 0.1) is 0 Å². The van der Waals surface area contributed by atoms with Crippen LogP contribution in [0.3, 0.4) is 0 Å². The Hall–Kier alpha value is -1.32. The van der Waals surface area contributed by atoms with Crippen LogP contribution in [0.4, 0.5) is 0 Å². The van der Waals surface area contributed by atoms with Crippen molar-refractivity contribution in [3.05, 3.63) is 12.2 Å². The first-order valence-electron chi connectivity index (χ1n) is 10.7. The predicted molar refractivity (Wildman–Crippen MR) is 107 cm³/mol. The molecule has 0 amide bonds. The molecule has 0 saturated heterocycles. The Bertz CT molecular complexity index is 376. The van der Waals surface area contributed by atoms with Crippen molar-refractivity contribution < 1.29 is 19.4 Å². The van der Waals surface area contributed by atoms with Gasteiger partial charge < -0.3 is 9.84 Å². The fourth-order valence-corrected chi connectivity index (χ4v) is 2.91. The normalized spacial score (nSPS) is 12.4. The molecule has 4 heteroatoms. The van der Waals surface area contributed by atoms with E-state index in [-0.39, 0.29) is 12.4 Å². The number of ether oxygens (including phenoxy) is 1. The van der Waals surface area contributed by atoms with Crippen molar-refractivity contribution in [2.45, 2.75) is 116 Å². The van der Waals surface area contributed by atoms with E-state index >= 15 is 0 Å². The minimum atomic E-state index is -0.901. The van der Waals surface area contributed by atoms with Crippen molar-refractivity contribution in [3.63, 3.8) is 0 Å². The Morgan fingerprint density at radius 1 is 0.846 bits per heavy atom. The lowest BCUT2D eigenvalue weighted by atomic mass is 10.1. The Labute approximate surface area is 160 Å². The molecule has 152 valence electrons. The molecule has 0 aromatic rings. The van der Waals surface area contributed by atoms with Gasteiger partial charge in [-0.1, -0.05) is 70.9 Å². The van der Waals surface area contributed by atoms with Gasteiger partial charge in [-0.25, -0.2) is 0 Å². The molecule has 26 heavy (non-hydrogen) atoms. The highest BCUT2D eigenvalue weighted by Gasteiger charge is 2.17. The van der Waals surface area contributed by atoms with Crippen molar-refractivity contribution in [1.82, 2.24) is 0 Å². The zero-order valence-corrected chi connectivity index (χ0v) is 17.0. The lowest BCUT2D eigenvalue weighted by molar-refractivity contribution is -0.153. The molecule has 0 rings (SSSR count). The summed E-state index contributed by atoms with van der Waals surface area (Å²) >= 11 is 0. The zero-order valence-electron chi connectivity index (χ0n) is 17.0. The number of carboxylic acids is 1. The molecule has 0 heterocycles. The third kappa shape index (κ3) is 17.5. The molecule has 0 fully saturated rings. The number of carbonyl (C=O) groups is 2. The van der Waals surface area contributed by atoms with E-state index in [1.165, 1.54) is 38.5 Å². The van der Waals surface area contributed by atoms with Gasteiger partial charge in [0, 0.05) is 6.42 Å². The monoisotopic (exact) mass is 368 g/mol. The smallest absolute Gasteiger partial charge is 0.307 e. The number of carbonyl (C=O) groups excluding carboxylic acids is 1. The first kappa shape index (κ1) is 24.7. The van der Waals surface area contributed by atoms with Crippen LogP contribution in [0.25, 0.3) is 0 Å². The third-order valence-electron chi connectivity index (χ3n) is 4.47. The number of unbranched alkanes of at least 4 members (excludes halogenated alkanes) is 9. The van der Waals surface area contributed by atoms with Gasteiger partial charge in [0.2, 0.25) is 0 Å². The zero-order chi connectivity index (χ0) is 19.5. The molecule has 0 unspecified atom stereocenters. The van der Waals surface area contributed by atoms with Crippen LogP contribution in [0.1, 0.15) is 110 Å². The van der Waals surface area contributed by atoms with Crippen molar-refractivity contribution in [1.29, 1.82) is 0 Å². The Kier molecular flexibility index (Phi) is 17.5. The lowest BCUT2D eigenvalue weighted by Crippen LogP contribution is -2.21. The van der Waals surface area contributed by atoms with Gasteiger partial charge >= 0.3 is 11.9 Å². The van der Waals surface area contributed by atoms with Crippen molar-refractivity contribution in [3.8, 4) is 0 Å². The summed E-state index contributed by atoms with van der Waals surface area (Å²) in [6.07, 6.45) is 18.2. The minimum absolute atomic E-state index is 0.0861. The van der Waals surface area contributed by atoms with E-state index in [2.05, 4.69) is 26.0 Å². The average Bonchev–Trinajstić information content (AvgIpc) is 2.59. The summed E-state index contributed by atoms with van der Waals surface area (Å²) in [4.78, 5) is 22.9. The molecule has 4 nitrogen and oxygen atoms in total. The molecule has 0 aliphatic heterocycles. The minimum Gasteiger partial charge on any atom is -0.481 e. The second kappa shape index (κ2) is 18.5. The molecule has 0 saturated carbocycles. The van der Waals surface area contributed by atoms with Gasteiger partial charge in [0.05, 0.1) is 6.42 Å². The quantitative estimate of drug-likeness (QED) is 0.172. The van der Waals surface area contributed by atoms with Crippen LogP contribution in [-0.2, 0) is 14.3 Å². The second-order valence-electron chi connectivity index (χ2n) is 7.13. The molecular weight excluding hydrogens is 328 g/mol. The highest BCUT2D eigenvalue weighted by Crippen LogP contribution is 2.14. The van der Waals surface area contributed by atoms with E-state index in [0.717, 1.165) is 38.5 Å². The lowest BCUT2D eigenvalue weighted by Gasteiger charge is -2.16. The predicted octanol–water partition coefficient (Wildman–Crippen LogP) is 6.43. The molecule has 0 aliphatic carbocycles. The Morgan fingerprint density at radius 2 is 1.42 bits per heavy atom. The fraction of sp³-hybridized carbons (Fsp3) is 0.818. The molecule has 0 aliphatic rings. The van der Waals surface area contributed by atoms with Crippen molar-refractivity contribution in [2.24, 2.45) is 0 Å². The molecule has 0 spiro atoms. The van der Waals surface area contributed by atoms with E-state index in [0.29, 0.717) is 12.8 Å². The summed E-state index contributed by atoms with van der Waals surface area (Å²) in [6.45, 7) is 4.37. The van der Waals surface area contributed by atoms with Gasteiger partial charge in [-0.15, -0.1) is 0 Å². The summed E-state index contributed by atoms with van der Waals surface area (Å²) in [5.74, 6) is -1.16. The molecule has 0 radical (unpaired) electrons. The first-order valence-corrected chi connectivity index (χ1v) is 10.7. The summed E-state index contributed by atoms with van der Waals surface area (Å²) in [6, 6.07) is 0. The van der Waals surface area contributed by atoms with Gasteiger partial charge in [-0.3, -0.25) is 9.59 Å². The van der Waals surface area contributed by atoms with Gasteiger partial charge in [0.1, 0.15) is 6.10 Å². The standard InChI is InChI=1S/C22H40O4/c1-3-5-7-9-10-11-12-14-16-18-22(25)26-20(19-21(23)24)17-15-13-8-6-4-2/h11-12,20H,3-10,13-19H2,1-2H3,(H,23,24)/t20-/m1/s1. The van der Waals surface area contributed by atoms with Crippen molar-refractivity contribution >= 4 is 11.9 Å². The number of carboxylic acid groups (broad SMARTS) is 1. The number of allylic oxidation sites excluding steroid dienone is 2. The molecule has 0 aromatic carbocycles. The van der Waals surface area contributed by atoms with Crippen molar-refractivity contribution in [2.75, 3.05) is 0 Å². The SMILES string of the molecule is CCCCCCC=CCCCC(=O)O[C@H](CCCCCCC)CC(=O)O. The van der Waals surface area contributed by atoms with Gasteiger partial charge in [0.15, 0.2) is 0 Å². The topological polar surface area (TPSA) is 63.6 Å². The van der Waals surface area contributed by atoms with Crippen LogP contribution in [-0.4, -0.2) is 23.1 Å². The highest BCUT2D eigenvalue weighted by atomic mass is 16.5. The number of hydrogen-bond acceptors (Lipinski definition) is 3. The fourth-order valence-electron chi connectivity index (χ4n) is 2.91. The second-order valence-corrected chi connectivity index (χ2v) is 7.13. The maximum atomic E-state index is 11.9. The maximum absolute atomic E-state index is 11.9. The van der Waals surface area contributed by atoms with Crippen LogP contribution in [0.2, 0.25) is 0 Å². The van der Waals surface area contributed by atoms with E-state index in [1.807, 2.05) is 0 Å².